The van der Waals surface area contributed by atoms with Crippen LogP contribution in [0.2, 0.25) is 0 Å². The predicted molar refractivity (Wildman–Crippen MR) is 177 cm³/mol. The van der Waals surface area contributed by atoms with Gasteiger partial charge >= 0.3 is 7.82 Å². The normalized spacial score (nSPS) is 17.2. The van der Waals surface area contributed by atoms with E-state index >= 15 is 0 Å². The fourth-order valence-electron chi connectivity index (χ4n) is 6.18. The van der Waals surface area contributed by atoms with Gasteiger partial charge in [0.2, 0.25) is 0 Å². The van der Waals surface area contributed by atoms with Gasteiger partial charge in [0.1, 0.15) is 5.60 Å². The molecule has 1 aliphatic rings. The van der Waals surface area contributed by atoms with Gasteiger partial charge in [-0.25, -0.2) is 4.57 Å². The van der Waals surface area contributed by atoms with Gasteiger partial charge in [-0.2, -0.15) is 0 Å². The third kappa shape index (κ3) is 7.26. The van der Waals surface area contributed by atoms with Crippen LogP contribution in [0.15, 0.2) is 36.4 Å². The average Bonchev–Trinajstić information content (AvgIpc) is 2.84. The number of phosphoric acid groups is 1. The summed E-state index contributed by atoms with van der Waals surface area (Å²) in [6, 6.07) is 13.7. The van der Waals surface area contributed by atoms with E-state index in [0.29, 0.717) is 0 Å². The van der Waals surface area contributed by atoms with Gasteiger partial charge in [-0.15, -0.1) is 0 Å². The zero-order valence-corrected chi connectivity index (χ0v) is 30.1. The van der Waals surface area contributed by atoms with Gasteiger partial charge in [0.05, 0.1) is 0 Å². The molecule has 3 rings (SSSR count). The zero-order chi connectivity index (χ0) is 31.9. The minimum atomic E-state index is -3.78. The van der Waals surface area contributed by atoms with E-state index in [1.807, 2.05) is 0 Å². The van der Waals surface area contributed by atoms with Gasteiger partial charge in [0.15, 0.2) is 6.79 Å². The SMILES string of the molecule is CCCCC(CC)C(OP1(=O)OCO1)(c1ccc(C(C)(C)C)cc1C(C)(C)C)c1ccc(C(C)(C)C)cc1C(C)(C)C. The molecule has 1 atom stereocenters. The first-order valence-electron chi connectivity index (χ1n) is 16.0. The summed E-state index contributed by atoms with van der Waals surface area (Å²) in [5.74, 6) is 0.0410. The minimum Gasteiger partial charge on any atom is -0.270 e. The summed E-state index contributed by atoms with van der Waals surface area (Å²) in [5.41, 5.74) is 5.60. The lowest BCUT2D eigenvalue weighted by molar-refractivity contribution is -0.0898. The number of benzene rings is 2. The number of rotatable bonds is 9. The quantitative estimate of drug-likeness (QED) is 0.269. The molecule has 0 bridgehead atoms. The molecule has 1 saturated heterocycles. The van der Waals surface area contributed by atoms with E-state index in [9.17, 15) is 4.57 Å². The van der Waals surface area contributed by atoms with Crippen LogP contribution in [0.1, 0.15) is 156 Å². The first kappa shape index (κ1) is 35.0. The summed E-state index contributed by atoms with van der Waals surface area (Å²) >= 11 is 0. The fraction of sp³-hybridized carbons (Fsp3) is 0.676. The van der Waals surface area contributed by atoms with Crippen molar-refractivity contribution in [1.29, 1.82) is 0 Å². The molecule has 0 amide bonds. The van der Waals surface area contributed by atoms with Crippen LogP contribution >= 0.6 is 7.82 Å². The highest BCUT2D eigenvalue weighted by Crippen LogP contribution is 2.65. The van der Waals surface area contributed by atoms with Crippen molar-refractivity contribution in [3.05, 3.63) is 69.8 Å². The van der Waals surface area contributed by atoms with Crippen LogP contribution in [0.5, 0.6) is 0 Å². The highest BCUT2D eigenvalue weighted by molar-refractivity contribution is 7.49. The second-order valence-corrected chi connectivity index (χ2v) is 18.0. The van der Waals surface area contributed by atoms with E-state index in [4.69, 9.17) is 13.6 Å². The number of hydrogen-bond donors (Lipinski definition) is 0. The average molecular weight is 599 g/mol. The van der Waals surface area contributed by atoms with Gasteiger partial charge in [-0.05, 0) is 73.8 Å². The highest BCUT2D eigenvalue weighted by atomic mass is 31.2. The molecule has 0 aromatic heterocycles. The lowest BCUT2D eigenvalue weighted by Crippen LogP contribution is -2.44. The molecule has 1 aliphatic heterocycles. The maximum absolute atomic E-state index is 14.0. The molecule has 0 saturated carbocycles. The van der Waals surface area contributed by atoms with Crippen LogP contribution in [0.3, 0.4) is 0 Å². The molecule has 2 aromatic carbocycles. The van der Waals surface area contributed by atoms with Crippen molar-refractivity contribution in [2.45, 2.75) is 150 Å². The van der Waals surface area contributed by atoms with E-state index in [0.717, 1.165) is 36.8 Å². The van der Waals surface area contributed by atoms with Gasteiger partial charge < -0.3 is 0 Å². The molecule has 0 spiro atoms. The van der Waals surface area contributed by atoms with Crippen molar-refractivity contribution < 1.29 is 18.1 Å². The smallest absolute Gasteiger partial charge is 0.270 e. The lowest BCUT2D eigenvalue weighted by atomic mass is 9.64. The molecular weight excluding hydrogens is 539 g/mol. The van der Waals surface area contributed by atoms with Gasteiger partial charge in [-0.3, -0.25) is 13.6 Å². The van der Waals surface area contributed by atoms with E-state index in [1.54, 1.807) is 0 Å². The van der Waals surface area contributed by atoms with Crippen LogP contribution in [-0.4, -0.2) is 6.79 Å². The zero-order valence-electron chi connectivity index (χ0n) is 29.2. The Kier molecular flexibility index (Phi) is 10.1. The van der Waals surface area contributed by atoms with Crippen LogP contribution in [0.4, 0.5) is 0 Å². The highest BCUT2D eigenvalue weighted by Gasteiger charge is 2.54. The predicted octanol–water partition coefficient (Wildman–Crippen LogP) is 11.5. The fourth-order valence-corrected chi connectivity index (χ4v) is 7.26. The first-order chi connectivity index (χ1) is 19.1. The van der Waals surface area contributed by atoms with E-state index in [1.165, 1.54) is 22.3 Å². The van der Waals surface area contributed by atoms with Gasteiger partial charge in [0.25, 0.3) is 0 Å². The molecule has 0 N–H and O–H groups in total. The lowest BCUT2D eigenvalue weighted by Gasteiger charge is -2.48. The van der Waals surface area contributed by atoms with Crippen molar-refractivity contribution in [1.82, 2.24) is 0 Å². The Morgan fingerprint density at radius 3 is 1.40 bits per heavy atom. The van der Waals surface area contributed by atoms with Crippen LogP contribution in [0.25, 0.3) is 0 Å². The Hall–Kier alpha value is -1.45. The Labute approximate surface area is 257 Å². The Morgan fingerprint density at radius 2 is 1.12 bits per heavy atom. The monoisotopic (exact) mass is 598 g/mol. The third-order valence-electron chi connectivity index (χ3n) is 8.84. The summed E-state index contributed by atoms with van der Waals surface area (Å²) in [6.07, 6.45) is 3.91. The molecule has 236 valence electrons. The second kappa shape index (κ2) is 12.2. The summed E-state index contributed by atoms with van der Waals surface area (Å²) < 4.78 is 32.3. The van der Waals surface area contributed by atoms with Crippen molar-refractivity contribution in [2.24, 2.45) is 5.92 Å². The van der Waals surface area contributed by atoms with Crippen LogP contribution in [-0.2, 0) is 45.4 Å². The second-order valence-electron chi connectivity index (χ2n) is 16.4. The topological polar surface area (TPSA) is 44.8 Å². The first-order valence-corrected chi connectivity index (χ1v) is 17.5. The maximum Gasteiger partial charge on any atom is 0.480 e. The molecule has 1 fully saturated rings. The van der Waals surface area contributed by atoms with Crippen LogP contribution < -0.4 is 0 Å². The third-order valence-corrected chi connectivity index (χ3v) is 10.2. The van der Waals surface area contributed by atoms with Gasteiger partial charge in [0, 0.05) is 0 Å². The largest absolute Gasteiger partial charge is 0.480 e. The number of phosphoric ester groups is 1. The molecule has 0 radical (unpaired) electrons. The van der Waals surface area contributed by atoms with Crippen molar-refractivity contribution >= 4 is 7.82 Å². The summed E-state index contributed by atoms with van der Waals surface area (Å²) in [5, 5.41) is 0. The molecule has 42 heavy (non-hydrogen) atoms. The Bertz CT molecular complexity index is 1200. The molecule has 1 heterocycles. The van der Waals surface area contributed by atoms with Crippen molar-refractivity contribution in [3.8, 4) is 0 Å². The molecule has 5 heteroatoms. The Balaban J connectivity index is 2.61. The molecule has 0 aliphatic carbocycles. The number of hydrogen-bond acceptors (Lipinski definition) is 4. The van der Waals surface area contributed by atoms with E-state index in [-0.39, 0.29) is 34.4 Å². The summed E-state index contributed by atoms with van der Waals surface area (Å²) in [4.78, 5) is 0. The van der Waals surface area contributed by atoms with Crippen molar-refractivity contribution in [3.63, 3.8) is 0 Å². The van der Waals surface area contributed by atoms with E-state index in [2.05, 4.69) is 133 Å². The molecule has 4 nitrogen and oxygen atoms in total. The summed E-state index contributed by atoms with van der Waals surface area (Å²) in [6.45, 7) is 31.6. The maximum atomic E-state index is 14.0. The van der Waals surface area contributed by atoms with Crippen molar-refractivity contribution in [2.75, 3.05) is 6.79 Å². The van der Waals surface area contributed by atoms with Crippen LogP contribution in [0, 0.1) is 5.92 Å². The minimum absolute atomic E-state index is 0.0106. The standard InChI is InChI=1S/C37H59O4P/c1-15-17-18-26(16-2)37(41-42(38)39-25-40-42,29-21-19-27(33(3,4)5)23-31(29)35(9,10)11)30-22-20-28(34(6,7)8)24-32(30)36(12,13)14/h19-24,26H,15-18,25H2,1-14H3. The van der Waals surface area contributed by atoms with E-state index < -0.39 is 13.4 Å². The molecule has 1 unspecified atom stereocenters. The number of unbranched alkanes of at least 4 members (excludes halogenated alkanes) is 1. The Morgan fingerprint density at radius 1 is 0.690 bits per heavy atom. The van der Waals surface area contributed by atoms with Gasteiger partial charge in [-0.1, -0.05) is 146 Å². The molecule has 2 aromatic rings. The summed E-state index contributed by atoms with van der Waals surface area (Å²) in [7, 11) is -3.78. The molecular formula is C37H59O4P.